The predicted molar refractivity (Wildman–Crippen MR) is 188 cm³/mol. The van der Waals surface area contributed by atoms with Crippen molar-refractivity contribution in [1.29, 1.82) is 0 Å². The zero-order valence-electron chi connectivity index (χ0n) is 28.9. The molecule has 2 aliphatic heterocycles. The molecule has 2 aromatic carbocycles. The van der Waals surface area contributed by atoms with Crippen molar-refractivity contribution >= 4 is 42.6 Å². The minimum Gasteiger partial charge on any atom is -0.366 e. The van der Waals surface area contributed by atoms with Crippen LogP contribution in [0.15, 0.2) is 30.3 Å². The number of ether oxygens (including phenoxy) is 1. The van der Waals surface area contributed by atoms with Crippen LogP contribution < -0.4 is 5.73 Å². The predicted octanol–water partition coefficient (Wildman–Crippen LogP) is 5.76. The van der Waals surface area contributed by atoms with Gasteiger partial charge in [0, 0.05) is 57.1 Å². The maximum Gasteiger partial charge on any atom is 0.255 e. The molecule has 49 heavy (non-hydrogen) atoms. The highest BCUT2D eigenvalue weighted by molar-refractivity contribution is 6.76. The Kier molecular flexibility index (Phi) is 11.4. The Labute approximate surface area is 288 Å². The maximum atomic E-state index is 15.0. The normalized spacial score (nSPS) is 16.3. The Balaban J connectivity index is 1.08. The number of hydrogen-bond acceptors (Lipinski definition) is 6. The number of imide groups is 1. The van der Waals surface area contributed by atoms with E-state index in [4.69, 9.17) is 10.5 Å². The molecule has 3 aromatic rings. The summed E-state index contributed by atoms with van der Waals surface area (Å²) in [4.78, 5) is 53.2. The van der Waals surface area contributed by atoms with Gasteiger partial charge in [-0.3, -0.25) is 28.8 Å². The average molecular weight is 688 g/mol. The molecule has 12 heteroatoms. The van der Waals surface area contributed by atoms with Crippen LogP contribution in [0.25, 0.3) is 10.9 Å². The Bertz CT molecular complexity index is 1820. The van der Waals surface area contributed by atoms with Gasteiger partial charge in [-0.15, -0.1) is 0 Å². The molecule has 0 aliphatic carbocycles. The standard InChI is InChI=1S/C37H46FN5O5Si/c1-25-29-14-13-27(35(39)45)21-33(29)43(40-25)17-11-9-7-5-6-8-10-12-26-20-28-23-41(36(46)30(28)22-31(26)38)32-15-16-34(44)42(37(32)47)24-48-18-19-49(2,3)4/h13-14,20-22,32H,5-9,11,15-19,23-24H2,1-4H3,(H2,39,45). The van der Waals surface area contributed by atoms with Crippen molar-refractivity contribution in [3.63, 3.8) is 0 Å². The summed E-state index contributed by atoms with van der Waals surface area (Å²) in [6, 6.07) is 8.37. The molecule has 3 heterocycles. The number of amides is 4. The highest BCUT2D eigenvalue weighted by Gasteiger charge is 2.43. The van der Waals surface area contributed by atoms with E-state index in [9.17, 15) is 19.2 Å². The number of likely N-dealkylation sites (tertiary alicyclic amines) is 1. The van der Waals surface area contributed by atoms with Crippen LogP contribution in [0.4, 0.5) is 4.39 Å². The highest BCUT2D eigenvalue weighted by Crippen LogP contribution is 2.31. The molecule has 2 N–H and O–H groups in total. The van der Waals surface area contributed by atoms with E-state index >= 15 is 4.39 Å². The summed E-state index contributed by atoms with van der Waals surface area (Å²) >= 11 is 0. The minimum atomic E-state index is -1.33. The number of fused-ring (bicyclic) bond motifs is 2. The van der Waals surface area contributed by atoms with E-state index in [-0.39, 0.29) is 43.2 Å². The molecule has 1 saturated heterocycles. The van der Waals surface area contributed by atoms with Crippen LogP contribution in [-0.4, -0.2) is 70.7 Å². The molecule has 260 valence electrons. The number of hydrogen-bond donors (Lipinski definition) is 1. The molecular weight excluding hydrogens is 642 g/mol. The first-order valence-electron chi connectivity index (χ1n) is 17.2. The van der Waals surface area contributed by atoms with Gasteiger partial charge in [0.15, 0.2) is 0 Å². The number of carbonyl (C=O) groups excluding carboxylic acids is 4. The number of aromatic nitrogens is 2. The second-order valence-electron chi connectivity index (χ2n) is 14.2. The number of halogens is 1. The quantitative estimate of drug-likeness (QED) is 0.0994. The van der Waals surface area contributed by atoms with Crippen LogP contribution in [-0.2, 0) is 27.4 Å². The average Bonchev–Trinajstić information content (AvgIpc) is 3.53. The first-order valence-corrected chi connectivity index (χ1v) is 20.9. The fourth-order valence-corrected chi connectivity index (χ4v) is 7.07. The number of unbranched alkanes of at least 4 members (excludes halogenated alkanes) is 5. The highest BCUT2D eigenvalue weighted by atomic mass is 28.3. The molecule has 0 spiro atoms. The van der Waals surface area contributed by atoms with Crippen molar-refractivity contribution in [2.45, 2.75) is 103 Å². The van der Waals surface area contributed by atoms with Gasteiger partial charge < -0.3 is 15.4 Å². The molecule has 0 radical (unpaired) electrons. The van der Waals surface area contributed by atoms with Gasteiger partial charge in [-0.05, 0) is 62.1 Å². The van der Waals surface area contributed by atoms with Gasteiger partial charge in [0.2, 0.25) is 11.8 Å². The molecule has 2 aliphatic rings. The lowest BCUT2D eigenvalue weighted by atomic mass is 10.0. The summed E-state index contributed by atoms with van der Waals surface area (Å²) in [6.45, 7) is 9.90. The molecule has 10 nitrogen and oxygen atoms in total. The fourth-order valence-electron chi connectivity index (χ4n) is 6.31. The van der Waals surface area contributed by atoms with Crippen LogP contribution in [0, 0.1) is 24.6 Å². The number of primary amides is 1. The lowest BCUT2D eigenvalue weighted by Gasteiger charge is -2.35. The Morgan fingerprint density at radius 1 is 1.08 bits per heavy atom. The lowest BCUT2D eigenvalue weighted by molar-refractivity contribution is -0.158. The number of rotatable bonds is 14. The topological polar surface area (TPSA) is 128 Å². The van der Waals surface area contributed by atoms with E-state index in [1.54, 1.807) is 18.2 Å². The largest absolute Gasteiger partial charge is 0.366 e. The smallest absolute Gasteiger partial charge is 0.255 e. The molecule has 0 bridgehead atoms. The third-order valence-corrected chi connectivity index (χ3v) is 10.9. The monoisotopic (exact) mass is 687 g/mol. The van der Waals surface area contributed by atoms with Crippen molar-refractivity contribution in [1.82, 2.24) is 19.6 Å². The summed E-state index contributed by atoms with van der Waals surface area (Å²) < 4.78 is 22.6. The molecule has 1 unspecified atom stereocenters. The second-order valence-corrected chi connectivity index (χ2v) is 19.8. The molecular formula is C37H46FN5O5Si. The number of carbonyl (C=O) groups is 4. The van der Waals surface area contributed by atoms with Crippen molar-refractivity contribution in [3.8, 4) is 11.8 Å². The maximum absolute atomic E-state index is 15.0. The second kappa shape index (κ2) is 15.5. The third-order valence-electron chi connectivity index (χ3n) is 9.22. The van der Waals surface area contributed by atoms with E-state index in [2.05, 4.69) is 36.6 Å². The fraction of sp³-hybridized carbons (Fsp3) is 0.486. The van der Waals surface area contributed by atoms with Gasteiger partial charge in [0.25, 0.3) is 11.8 Å². The van der Waals surface area contributed by atoms with Crippen LogP contribution >= 0.6 is 0 Å². The molecule has 5 rings (SSSR count). The number of aryl methyl sites for hydroxylation is 2. The third kappa shape index (κ3) is 8.64. The van der Waals surface area contributed by atoms with E-state index in [1.807, 2.05) is 17.7 Å². The zero-order valence-corrected chi connectivity index (χ0v) is 29.9. The van der Waals surface area contributed by atoms with E-state index in [0.29, 0.717) is 24.2 Å². The van der Waals surface area contributed by atoms with Crippen LogP contribution in [0.5, 0.6) is 0 Å². The molecule has 1 atom stereocenters. The summed E-state index contributed by atoms with van der Waals surface area (Å²) in [7, 11) is -1.33. The van der Waals surface area contributed by atoms with Crippen LogP contribution in [0.1, 0.15) is 88.9 Å². The van der Waals surface area contributed by atoms with Crippen molar-refractivity contribution in [2.75, 3.05) is 13.3 Å². The SMILES string of the molecule is Cc1nn(CCCCCCCC#Cc2cc3c(cc2F)C(=O)N(C2CCC(=O)N(COCC[Si](C)(C)C)C2=O)C3)c2cc(C(N)=O)ccc12. The lowest BCUT2D eigenvalue weighted by Crippen LogP contribution is -2.55. The van der Waals surface area contributed by atoms with E-state index in [1.165, 1.54) is 11.0 Å². The van der Waals surface area contributed by atoms with Gasteiger partial charge in [-0.25, -0.2) is 4.39 Å². The van der Waals surface area contributed by atoms with Gasteiger partial charge in [0.1, 0.15) is 18.6 Å². The van der Waals surface area contributed by atoms with Gasteiger partial charge >= 0.3 is 0 Å². The molecule has 1 aromatic heterocycles. The Morgan fingerprint density at radius 3 is 2.59 bits per heavy atom. The van der Waals surface area contributed by atoms with Crippen LogP contribution in [0.2, 0.25) is 25.7 Å². The molecule has 0 saturated carbocycles. The molecule has 1 fully saturated rings. The number of nitrogens with two attached hydrogens (primary N) is 1. The number of nitrogens with zero attached hydrogens (tertiary/aromatic N) is 4. The number of benzene rings is 2. The van der Waals surface area contributed by atoms with Crippen LogP contribution in [0.3, 0.4) is 0 Å². The van der Waals surface area contributed by atoms with Gasteiger partial charge in [-0.1, -0.05) is 56.8 Å². The Morgan fingerprint density at radius 2 is 1.84 bits per heavy atom. The van der Waals surface area contributed by atoms with Crippen molar-refractivity contribution in [3.05, 3.63) is 64.1 Å². The van der Waals surface area contributed by atoms with E-state index in [0.717, 1.165) is 66.2 Å². The minimum absolute atomic E-state index is 0.120. The van der Waals surface area contributed by atoms with Gasteiger partial charge in [0.05, 0.1) is 16.8 Å². The summed E-state index contributed by atoms with van der Waals surface area (Å²) in [5.41, 5.74) is 8.86. The number of piperidine rings is 1. The zero-order chi connectivity index (χ0) is 35.3. The van der Waals surface area contributed by atoms with Crippen molar-refractivity contribution in [2.24, 2.45) is 5.73 Å². The summed E-state index contributed by atoms with van der Waals surface area (Å²) in [5, 5.41) is 5.65. The first kappa shape index (κ1) is 36.0. The molecule has 4 amide bonds. The first-order chi connectivity index (χ1) is 23.3. The summed E-state index contributed by atoms with van der Waals surface area (Å²) in [5.74, 6) is 3.83. The summed E-state index contributed by atoms with van der Waals surface area (Å²) in [6.07, 6.45) is 5.88. The van der Waals surface area contributed by atoms with Crippen molar-refractivity contribution < 1.29 is 28.3 Å². The van der Waals surface area contributed by atoms with Gasteiger partial charge in [-0.2, -0.15) is 5.10 Å². The Hall–Kier alpha value is -4.34. The van der Waals surface area contributed by atoms with E-state index < -0.39 is 37.7 Å².